The van der Waals surface area contributed by atoms with Crippen molar-refractivity contribution in [2.75, 3.05) is 0 Å². The largest absolute Gasteiger partial charge is 0.441 e. The zero-order valence-corrected chi connectivity index (χ0v) is 8.02. The molecule has 0 aliphatic heterocycles. The molecule has 0 unspecified atom stereocenters. The molecule has 1 aromatic heterocycles. The second kappa shape index (κ2) is 3.14. The minimum absolute atomic E-state index is 0.373. The van der Waals surface area contributed by atoms with E-state index in [9.17, 15) is 4.79 Å². The Balaban J connectivity index is 2.66. The molecule has 2 rings (SSSR count). The van der Waals surface area contributed by atoms with Crippen LogP contribution in [0.25, 0.3) is 5.69 Å². The van der Waals surface area contributed by atoms with E-state index in [2.05, 4.69) is 5.10 Å². The van der Waals surface area contributed by atoms with Gasteiger partial charge in [0.25, 0.3) is 0 Å². The van der Waals surface area contributed by atoms with Crippen LogP contribution < -0.4 is 5.76 Å². The lowest BCUT2D eigenvalue weighted by Gasteiger charge is -2.01. The lowest BCUT2D eigenvalue weighted by atomic mass is 10.2. The van der Waals surface area contributed by atoms with Gasteiger partial charge in [0.2, 0.25) is 5.89 Å². The molecule has 0 aliphatic rings. The molecule has 0 fully saturated rings. The average molecular weight is 190 g/mol. The van der Waals surface area contributed by atoms with Gasteiger partial charge in [-0.3, -0.25) is 0 Å². The van der Waals surface area contributed by atoms with Gasteiger partial charge in [-0.15, -0.1) is 5.10 Å². The number of rotatable bonds is 1. The van der Waals surface area contributed by atoms with Gasteiger partial charge in [-0.25, -0.2) is 4.79 Å². The first-order valence-corrected chi connectivity index (χ1v) is 4.31. The van der Waals surface area contributed by atoms with E-state index in [1.54, 1.807) is 6.92 Å². The van der Waals surface area contributed by atoms with Gasteiger partial charge in [-0.2, -0.15) is 4.68 Å². The third-order valence-electron chi connectivity index (χ3n) is 1.99. The first-order chi connectivity index (χ1) is 6.68. The molecule has 0 amide bonds. The topological polar surface area (TPSA) is 48.0 Å². The Bertz CT molecular complexity index is 511. The zero-order valence-electron chi connectivity index (χ0n) is 8.02. The summed E-state index contributed by atoms with van der Waals surface area (Å²) in [5.74, 6) is -0.0740. The predicted octanol–water partition coefficient (Wildman–Crippen LogP) is 1.44. The average Bonchev–Trinajstić information content (AvgIpc) is 2.46. The smallest absolute Gasteiger partial charge is 0.392 e. The molecule has 0 saturated carbocycles. The van der Waals surface area contributed by atoms with Gasteiger partial charge in [0.05, 0.1) is 5.69 Å². The molecule has 0 atom stereocenters. The quantitative estimate of drug-likeness (QED) is 0.683. The maximum Gasteiger partial charge on any atom is 0.441 e. The van der Waals surface area contributed by atoms with Crippen molar-refractivity contribution < 1.29 is 4.42 Å². The van der Waals surface area contributed by atoms with Gasteiger partial charge in [0, 0.05) is 6.92 Å². The normalized spacial score (nSPS) is 10.4. The van der Waals surface area contributed by atoms with Gasteiger partial charge in [-0.1, -0.05) is 18.2 Å². The van der Waals surface area contributed by atoms with Crippen LogP contribution in [0.5, 0.6) is 0 Å². The van der Waals surface area contributed by atoms with Crippen LogP contribution in [0.3, 0.4) is 0 Å². The molecule has 14 heavy (non-hydrogen) atoms. The van der Waals surface area contributed by atoms with Crippen molar-refractivity contribution in [1.29, 1.82) is 0 Å². The van der Waals surface area contributed by atoms with Crippen molar-refractivity contribution in [3.05, 3.63) is 46.3 Å². The fourth-order valence-corrected chi connectivity index (χ4v) is 1.32. The number of para-hydroxylation sites is 1. The first-order valence-electron chi connectivity index (χ1n) is 4.31. The molecule has 0 spiro atoms. The Kier molecular flexibility index (Phi) is 1.96. The van der Waals surface area contributed by atoms with Crippen molar-refractivity contribution in [3.8, 4) is 5.69 Å². The summed E-state index contributed by atoms with van der Waals surface area (Å²) in [6.07, 6.45) is 0. The van der Waals surface area contributed by atoms with Crippen molar-refractivity contribution in [2.24, 2.45) is 0 Å². The summed E-state index contributed by atoms with van der Waals surface area (Å²) < 4.78 is 6.09. The van der Waals surface area contributed by atoms with E-state index in [1.807, 2.05) is 31.2 Å². The zero-order chi connectivity index (χ0) is 10.1. The van der Waals surface area contributed by atoms with E-state index in [0.29, 0.717) is 5.89 Å². The third-order valence-corrected chi connectivity index (χ3v) is 1.99. The Hall–Kier alpha value is -1.84. The maximum absolute atomic E-state index is 11.3. The van der Waals surface area contributed by atoms with Crippen LogP contribution >= 0.6 is 0 Å². The molecule has 1 heterocycles. The lowest BCUT2D eigenvalue weighted by molar-refractivity contribution is 0.477. The summed E-state index contributed by atoms with van der Waals surface area (Å²) in [7, 11) is 0. The number of hydrogen-bond acceptors (Lipinski definition) is 3. The maximum atomic E-state index is 11.3. The number of nitrogens with zero attached hydrogens (tertiary/aromatic N) is 2. The van der Waals surface area contributed by atoms with Gasteiger partial charge >= 0.3 is 5.76 Å². The highest BCUT2D eigenvalue weighted by atomic mass is 16.4. The van der Waals surface area contributed by atoms with Crippen molar-refractivity contribution >= 4 is 0 Å². The Morgan fingerprint density at radius 1 is 1.29 bits per heavy atom. The van der Waals surface area contributed by atoms with Crippen LogP contribution in [0, 0.1) is 13.8 Å². The highest BCUT2D eigenvalue weighted by Crippen LogP contribution is 2.09. The molecule has 0 aliphatic carbocycles. The Labute approximate surface area is 80.8 Å². The van der Waals surface area contributed by atoms with E-state index in [0.717, 1.165) is 11.3 Å². The number of aryl methyl sites for hydroxylation is 2. The number of benzene rings is 1. The van der Waals surface area contributed by atoms with Gasteiger partial charge in [0.15, 0.2) is 0 Å². The van der Waals surface area contributed by atoms with Crippen LogP contribution in [-0.4, -0.2) is 9.78 Å². The minimum Gasteiger partial charge on any atom is -0.392 e. The predicted molar refractivity (Wildman–Crippen MR) is 51.6 cm³/mol. The Morgan fingerprint density at radius 3 is 2.57 bits per heavy atom. The summed E-state index contributed by atoms with van der Waals surface area (Å²) in [6.45, 7) is 3.57. The minimum atomic E-state index is -0.447. The molecule has 1 aromatic carbocycles. The molecule has 4 heteroatoms. The summed E-state index contributed by atoms with van der Waals surface area (Å²) in [5.41, 5.74) is 1.75. The van der Waals surface area contributed by atoms with E-state index >= 15 is 0 Å². The van der Waals surface area contributed by atoms with Crippen LogP contribution in [0.2, 0.25) is 0 Å². The van der Waals surface area contributed by atoms with E-state index in [4.69, 9.17) is 4.42 Å². The fourth-order valence-electron chi connectivity index (χ4n) is 1.32. The molecule has 4 nitrogen and oxygen atoms in total. The van der Waals surface area contributed by atoms with Gasteiger partial charge in [0.1, 0.15) is 0 Å². The van der Waals surface area contributed by atoms with E-state index < -0.39 is 5.76 Å². The highest BCUT2D eigenvalue weighted by Gasteiger charge is 2.07. The molecule has 2 aromatic rings. The summed E-state index contributed by atoms with van der Waals surface area (Å²) in [6, 6.07) is 7.53. The second-order valence-electron chi connectivity index (χ2n) is 3.09. The third kappa shape index (κ3) is 1.35. The molecule has 0 N–H and O–H groups in total. The molecule has 0 bridgehead atoms. The molecular weight excluding hydrogens is 180 g/mol. The SMILES string of the molecule is Cc1nn(-c2ccccc2C)c(=O)o1. The van der Waals surface area contributed by atoms with Gasteiger partial charge < -0.3 is 4.42 Å². The number of hydrogen-bond donors (Lipinski definition) is 0. The van der Waals surface area contributed by atoms with Gasteiger partial charge in [-0.05, 0) is 18.6 Å². The second-order valence-corrected chi connectivity index (χ2v) is 3.09. The highest BCUT2D eigenvalue weighted by molar-refractivity contribution is 5.38. The van der Waals surface area contributed by atoms with Crippen molar-refractivity contribution in [3.63, 3.8) is 0 Å². The van der Waals surface area contributed by atoms with Crippen LogP contribution in [0.4, 0.5) is 0 Å². The standard InChI is InChI=1S/C10H10N2O2/c1-7-5-3-4-6-9(7)12-10(13)14-8(2)11-12/h3-6H,1-2H3. The molecule has 72 valence electrons. The Morgan fingerprint density at radius 2 is 2.00 bits per heavy atom. The van der Waals surface area contributed by atoms with E-state index in [-0.39, 0.29) is 0 Å². The van der Waals surface area contributed by atoms with Crippen molar-refractivity contribution in [1.82, 2.24) is 9.78 Å². The summed E-state index contributed by atoms with van der Waals surface area (Å²) in [5, 5.41) is 3.98. The van der Waals surface area contributed by atoms with Crippen LogP contribution in [0.1, 0.15) is 11.5 Å². The summed E-state index contributed by atoms with van der Waals surface area (Å²) in [4.78, 5) is 11.3. The van der Waals surface area contributed by atoms with Crippen LogP contribution in [-0.2, 0) is 0 Å². The van der Waals surface area contributed by atoms with Crippen LogP contribution in [0.15, 0.2) is 33.5 Å². The summed E-state index contributed by atoms with van der Waals surface area (Å²) >= 11 is 0. The van der Waals surface area contributed by atoms with E-state index in [1.165, 1.54) is 4.68 Å². The monoisotopic (exact) mass is 190 g/mol. The van der Waals surface area contributed by atoms with Crippen molar-refractivity contribution in [2.45, 2.75) is 13.8 Å². The fraction of sp³-hybridized carbons (Fsp3) is 0.200. The first kappa shape index (κ1) is 8.74. The molecule has 0 saturated heterocycles. The molecular formula is C10H10N2O2. The number of aromatic nitrogens is 2. The lowest BCUT2D eigenvalue weighted by Crippen LogP contribution is -2.14. The molecule has 0 radical (unpaired) electrons.